The van der Waals surface area contributed by atoms with Gasteiger partial charge in [-0.1, -0.05) is 67.5 Å². The number of nitrogens with one attached hydrogen (secondary N) is 1. The van der Waals surface area contributed by atoms with Crippen LogP contribution in [0.5, 0.6) is 0 Å². The summed E-state index contributed by atoms with van der Waals surface area (Å²) in [6.07, 6.45) is 9.27. The van der Waals surface area contributed by atoms with Crippen LogP contribution in [0.25, 0.3) is 0 Å². The SMILES string of the molecule is CC1=C(/C=C/C(C)=C/C=C/C(C)=C/C(=O)Nc2ccc([C@@H]3O[C@H](CO)[C@@H](O)[C@H](O)[C@H]3O)cc2)C(C)(C)CCC1. The summed E-state index contributed by atoms with van der Waals surface area (Å²) in [5.41, 5.74) is 6.14. The second-order valence-electron chi connectivity index (χ2n) is 11.3. The molecule has 0 saturated carbocycles. The zero-order valence-electron chi connectivity index (χ0n) is 23.6. The van der Waals surface area contributed by atoms with Crippen LogP contribution < -0.4 is 5.32 Å². The van der Waals surface area contributed by atoms with Crippen molar-refractivity contribution in [1.82, 2.24) is 0 Å². The van der Waals surface area contributed by atoms with Crippen LogP contribution in [-0.2, 0) is 9.53 Å². The number of allylic oxidation sites excluding steroid dienone is 9. The molecule has 1 aliphatic carbocycles. The number of anilines is 1. The number of hydrogen-bond acceptors (Lipinski definition) is 6. The number of aliphatic hydroxyl groups excluding tert-OH is 4. The molecule has 1 saturated heterocycles. The van der Waals surface area contributed by atoms with Gasteiger partial charge >= 0.3 is 0 Å². The quantitative estimate of drug-likeness (QED) is 0.243. The molecule has 1 amide bonds. The molecular weight excluding hydrogens is 494 g/mol. The summed E-state index contributed by atoms with van der Waals surface area (Å²) in [7, 11) is 0. The Bertz CT molecular complexity index is 1160. The third kappa shape index (κ3) is 8.10. The van der Waals surface area contributed by atoms with E-state index < -0.39 is 37.1 Å². The van der Waals surface area contributed by atoms with Gasteiger partial charge in [-0.25, -0.2) is 0 Å². The van der Waals surface area contributed by atoms with Crippen molar-refractivity contribution in [3.8, 4) is 0 Å². The first-order valence-corrected chi connectivity index (χ1v) is 13.6. The number of ether oxygens (including phenoxy) is 1. The van der Waals surface area contributed by atoms with Crippen LogP contribution in [0.15, 0.2) is 83.0 Å². The van der Waals surface area contributed by atoms with Gasteiger partial charge in [-0.2, -0.15) is 0 Å². The van der Waals surface area contributed by atoms with E-state index in [2.05, 4.69) is 45.2 Å². The largest absolute Gasteiger partial charge is 0.394 e. The Morgan fingerprint density at radius 2 is 1.74 bits per heavy atom. The first-order chi connectivity index (χ1) is 18.4. The molecule has 7 heteroatoms. The Balaban J connectivity index is 1.57. The van der Waals surface area contributed by atoms with Crippen molar-refractivity contribution in [3.05, 3.63) is 88.6 Å². The molecule has 0 bridgehead atoms. The van der Waals surface area contributed by atoms with E-state index >= 15 is 0 Å². The molecule has 0 radical (unpaired) electrons. The highest BCUT2D eigenvalue weighted by atomic mass is 16.5. The normalized spacial score (nSPS) is 28.4. The van der Waals surface area contributed by atoms with Crippen LogP contribution in [0.1, 0.15) is 65.5 Å². The summed E-state index contributed by atoms with van der Waals surface area (Å²) in [4.78, 5) is 12.5. The monoisotopic (exact) mass is 537 g/mol. The molecule has 0 spiro atoms. The lowest BCUT2D eigenvalue weighted by molar-refractivity contribution is -0.231. The molecule has 1 heterocycles. The smallest absolute Gasteiger partial charge is 0.248 e. The minimum absolute atomic E-state index is 0.210. The highest BCUT2D eigenvalue weighted by molar-refractivity contribution is 5.99. The zero-order valence-corrected chi connectivity index (χ0v) is 23.6. The molecule has 3 rings (SSSR count). The lowest BCUT2D eigenvalue weighted by atomic mass is 9.72. The molecule has 7 nitrogen and oxygen atoms in total. The Morgan fingerprint density at radius 3 is 2.38 bits per heavy atom. The molecule has 0 aromatic heterocycles. The van der Waals surface area contributed by atoms with E-state index in [1.54, 1.807) is 24.3 Å². The minimum Gasteiger partial charge on any atom is -0.394 e. The number of hydrogen-bond donors (Lipinski definition) is 5. The number of benzene rings is 1. The third-order valence-corrected chi connectivity index (χ3v) is 7.53. The molecule has 39 heavy (non-hydrogen) atoms. The summed E-state index contributed by atoms with van der Waals surface area (Å²) < 4.78 is 5.58. The maximum Gasteiger partial charge on any atom is 0.248 e. The number of carbonyl (C=O) groups is 1. The van der Waals surface area contributed by atoms with Gasteiger partial charge in [-0.15, -0.1) is 0 Å². The molecule has 5 atom stereocenters. The van der Waals surface area contributed by atoms with E-state index in [0.29, 0.717) is 11.3 Å². The third-order valence-electron chi connectivity index (χ3n) is 7.53. The van der Waals surface area contributed by atoms with Gasteiger partial charge in [0.1, 0.15) is 30.5 Å². The number of carbonyl (C=O) groups excluding carboxylic acids is 1. The van der Waals surface area contributed by atoms with Crippen LogP contribution in [0, 0.1) is 5.41 Å². The Labute approximate surface area is 231 Å². The van der Waals surface area contributed by atoms with Crippen molar-refractivity contribution in [2.45, 2.75) is 84.4 Å². The predicted molar refractivity (Wildman–Crippen MR) is 154 cm³/mol. The highest BCUT2D eigenvalue weighted by Crippen LogP contribution is 2.40. The van der Waals surface area contributed by atoms with E-state index in [-0.39, 0.29) is 11.3 Å². The van der Waals surface area contributed by atoms with Crippen molar-refractivity contribution in [2.24, 2.45) is 5.41 Å². The second kappa shape index (κ2) is 13.5. The fraction of sp³-hybridized carbons (Fsp3) is 0.469. The van der Waals surface area contributed by atoms with Gasteiger partial charge in [-0.05, 0) is 74.3 Å². The predicted octanol–water partition coefficient (Wildman–Crippen LogP) is 4.67. The van der Waals surface area contributed by atoms with Crippen molar-refractivity contribution >= 4 is 11.6 Å². The number of rotatable bonds is 8. The summed E-state index contributed by atoms with van der Waals surface area (Å²) in [6, 6.07) is 6.64. The summed E-state index contributed by atoms with van der Waals surface area (Å²) in [6.45, 7) is 10.3. The Hall–Kier alpha value is -2.81. The summed E-state index contributed by atoms with van der Waals surface area (Å²) >= 11 is 0. The van der Waals surface area contributed by atoms with Gasteiger partial charge in [-0.3, -0.25) is 4.79 Å². The van der Waals surface area contributed by atoms with Crippen LogP contribution in [0.4, 0.5) is 5.69 Å². The van der Waals surface area contributed by atoms with Gasteiger partial charge in [0.25, 0.3) is 0 Å². The van der Waals surface area contributed by atoms with E-state index in [1.165, 1.54) is 36.5 Å². The molecule has 2 aliphatic rings. The maximum absolute atomic E-state index is 12.5. The van der Waals surface area contributed by atoms with Crippen LogP contribution in [0.2, 0.25) is 0 Å². The fourth-order valence-corrected chi connectivity index (χ4v) is 5.20. The minimum atomic E-state index is -1.44. The topological polar surface area (TPSA) is 119 Å². The first kappa shape index (κ1) is 30.7. The molecule has 212 valence electrons. The van der Waals surface area contributed by atoms with Gasteiger partial charge in [0.2, 0.25) is 5.91 Å². The average Bonchev–Trinajstić information content (AvgIpc) is 2.87. The van der Waals surface area contributed by atoms with Crippen LogP contribution >= 0.6 is 0 Å². The van der Waals surface area contributed by atoms with E-state index in [0.717, 1.165) is 11.1 Å². The van der Waals surface area contributed by atoms with E-state index in [9.17, 15) is 25.2 Å². The van der Waals surface area contributed by atoms with Crippen molar-refractivity contribution < 1.29 is 30.0 Å². The van der Waals surface area contributed by atoms with Crippen LogP contribution in [0.3, 0.4) is 0 Å². The zero-order chi connectivity index (χ0) is 28.7. The standard InChI is InChI=1S/C32H43NO6/c1-20(11-16-25-22(3)10-7-17-32(25,4)5)8-6-9-21(2)18-27(35)33-24-14-12-23(13-15-24)31-30(38)29(37)28(36)26(19-34)39-31/h6,8-9,11-16,18,26,28-31,34,36-38H,7,10,17,19H2,1-5H3,(H,33,35)/b9-6+,16-11+,20-8+,21-18+/t26-,28-,29+,30-,31+/m1/s1. The average molecular weight is 538 g/mol. The molecule has 1 fully saturated rings. The summed E-state index contributed by atoms with van der Waals surface area (Å²) in [5.74, 6) is -0.278. The van der Waals surface area contributed by atoms with Crippen molar-refractivity contribution in [3.63, 3.8) is 0 Å². The molecule has 1 aliphatic heterocycles. The van der Waals surface area contributed by atoms with Gasteiger partial charge < -0.3 is 30.5 Å². The first-order valence-electron chi connectivity index (χ1n) is 13.6. The summed E-state index contributed by atoms with van der Waals surface area (Å²) in [5, 5.41) is 42.5. The second-order valence-corrected chi connectivity index (χ2v) is 11.3. The lowest BCUT2D eigenvalue weighted by Crippen LogP contribution is -2.55. The molecule has 1 aromatic rings. The van der Waals surface area contributed by atoms with Crippen LogP contribution in [-0.4, -0.2) is 57.4 Å². The number of aliphatic hydroxyl groups is 4. The molecule has 0 unspecified atom stereocenters. The van der Waals surface area contributed by atoms with Gasteiger partial charge in [0.15, 0.2) is 0 Å². The Morgan fingerprint density at radius 1 is 1.05 bits per heavy atom. The maximum atomic E-state index is 12.5. The van der Waals surface area contributed by atoms with Gasteiger partial charge in [0.05, 0.1) is 6.61 Å². The Kier molecular flexibility index (Phi) is 10.6. The molecule has 1 aromatic carbocycles. The number of amides is 1. The highest BCUT2D eigenvalue weighted by Gasteiger charge is 2.43. The molecule has 5 N–H and O–H groups in total. The van der Waals surface area contributed by atoms with Crippen molar-refractivity contribution in [1.29, 1.82) is 0 Å². The van der Waals surface area contributed by atoms with Gasteiger partial charge in [0, 0.05) is 11.8 Å². The van der Waals surface area contributed by atoms with Crippen molar-refractivity contribution in [2.75, 3.05) is 11.9 Å². The lowest BCUT2D eigenvalue weighted by Gasteiger charge is -2.40. The fourth-order valence-electron chi connectivity index (χ4n) is 5.20. The van der Waals surface area contributed by atoms with E-state index in [1.807, 2.05) is 25.2 Å². The van der Waals surface area contributed by atoms with E-state index in [4.69, 9.17) is 4.74 Å². The molecular formula is C32H43NO6.